The van der Waals surface area contributed by atoms with Gasteiger partial charge in [0.15, 0.2) is 6.10 Å². The van der Waals surface area contributed by atoms with Crippen LogP contribution in [0.2, 0.25) is 0 Å². The van der Waals surface area contributed by atoms with Crippen LogP contribution in [0, 0.1) is 6.92 Å². The molecule has 1 aromatic heterocycles. The van der Waals surface area contributed by atoms with E-state index in [4.69, 9.17) is 15.0 Å². The van der Waals surface area contributed by atoms with E-state index < -0.39 is 6.10 Å². The summed E-state index contributed by atoms with van der Waals surface area (Å²) in [6.45, 7) is 5.11. The predicted octanol–water partition coefficient (Wildman–Crippen LogP) is 3.16. The fourth-order valence-electron chi connectivity index (χ4n) is 3.13. The number of carbonyl (C=O) groups is 1. The minimum Gasteiger partial charge on any atom is -0.481 e. The van der Waals surface area contributed by atoms with Crippen LogP contribution in [-0.4, -0.2) is 35.2 Å². The average Bonchev–Trinajstić information content (AvgIpc) is 2.94. The van der Waals surface area contributed by atoms with E-state index in [1.807, 2.05) is 42.2 Å². The maximum absolute atomic E-state index is 12.6. The summed E-state index contributed by atoms with van der Waals surface area (Å²) < 4.78 is 10.8. The van der Waals surface area contributed by atoms with Crippen molar-refractivity contribution in [3.05, 3.63) is 41.6 Å². The summed E-state index contributed by atoms with van der Waals surface area (Å²) in [4.78, 5) is 14.4. The summed E-state index contributed by atoms with van der Waals surface area (Å²) in [5.41, 5.74) is 7.57. The van der Waals surface area contributed by atoms with Gasteiger partial charge in [0.25, 0.3) is 5.91 Å². The Labute approximate surface area is 153 Å². The van der Waals surface area contributed by atoms with Gasteiger partial charge >= 0.3 is 0 Å². The third kappa shape index (κ3) is 4.25. The molecule has 1 unspecified atom stereocenters. The molecule has 1 fully saturated rings. The van der Waals surface area contributed by atoms with Crippen LogP contribution < -0.4 is 10.5 Å². The zero-order chi connectivity index (χ0) is 17.1. The van der Waals surface area contributed by atoms with Gasteiger partial charge < -0.3 is 19.9 Å². The summed E-state index contributed by atoms with van der Waals surface area (Å²) in [7, 11) is 0. The highest BCUT2D eigenvalue weighted by molar-refractivity contribution is 5.85. The fourth-order valence-corrected chi connectivity index (χ4v) is 3.13. The molecule has 2 heterocycles. The number of carbonyl (C=O) groups excluding carboxylic acids is 1. The Bertz CT molecular complexity index is 697. The van der Waals surface area contributed by atoms with E-state index in [2.05, 4.69) is 5.16 Å². The zero-order valence-corrected chi connectivity index (χ0v) is 15.3. The Hall–Kier alpha value is -2.21. The van der Waals surface area contributed by atoms with Crippen molar-refractivity contribution in [2.75, 3.05) is 18.8 Å². The Balaban J connectivity index is 0.00000225. The van der Waals surface area contributed by atoms with Crippen LogP contribution >= 0.6 is 12.4 Å². The SMILES string of the molecule is Cc1c(C2CCN(C(=O)C(C)Oc3ccccc3)CC2)noc1N.Cl. The summed E-state index contributed by atoms with van der Waals surface area (Å²) in [5, 5.41) is 4.07. The molecule has 2 aromatic rings. The first-order valence-corrected chi connectivity index (χ1v) is 8.28. The van der Waals surface area contributed by atoms with Gasteiger partial charge in [0.1, 0.15) is 5.75 Å². The van der Waals surface area contributed by atoms with Gasteiger partial charge in [-0.05, 0) is 38.8 Å². The van der Waals surface area contributed by atoms with E-state index in [0.717, 1.165) is 24.1 Å². The van der Waals surface area contributed by atoms with Crippen LogP contribution in [0.15, 0.2) is 34.9 Å². The van der Waals surface area contributed by atoms with E-state index in [1.165, 1.54) is 0 Å². The van der Waals surface area contributed by atoms with Crippen molar-refractivity contribution in [2.24, 2.45) is 0 Å². The monoisotopic (exact) mass is 365 g/mol. The standard InChI is InChI=1S/C18H23N3O3.ClH/c1-12-16(20-24-17(12)19)14-8-10-21(11-9-14)18(22)13(2)23-15-6-4-3-5-7-15;/h3-7,13-14H,8-11,19H2,1-2H3;1H. The van der Waals surface area contributed by atoms with Crippen LogP contribution in [-0.2, 0) is 4.79 Å². The number of rotatable bonds is 4. The first-order chi connectivity index (χ1) is 11.6. The maximum Gasteiger partial charge on any atom is 0.263 e. The number of ether oxygens (including phenoxy) is 1. The molecule has 3 rings (SSSR count). The van der Waals surface area contributed by atoms with Crippen molar-refractivity contribution >= 4 is 24.2 Å². The fraction of sp³-hybridized carbons (Fsp3) is 0.444. The summed E-state index contributed by atoms with van der Waals surface area (Å²) in [6, 6.07) is 9.41. The molecule has 0 saturated carbocycles. The van der Waals surface area contributed by atoms with E-state index >= 15 is 0 Å². The van der Waals surface area contributed by atoms with Gasteiger partial charge in [0.2, 0.25) is 5.88 Å². The first-order valence-electron chi connectivity index (χ1n) is 8.28. The van der Waals surface area contributed by atoms with E-state index in [1.54, 1.807) is 6.92 Å². The Kier molecular flexibility index (Phi) is 6.31. The van der Waals surface area contributed by atoms with E-state index in [0.29, 0.717) is 30.6 Å². The lowest BCUT2D eigenvalue weighted by atomic mass is 9.91. The van der Waals surface area contributed by atoms with Gasteiger partial charge in [0, 0.05) is 24.6 Å². The Morgan fingerprint density at radius 2 is 1.96 bits per heavy atom. The molecule has 6 nitrogen and oxygen atoms in total. The van der Waals surface area contributed by atoms with E-state index in [-0.39, 0.29) is 18.3 Å². The van der Waals surface area contributed by atoms with Gasteiger partial charge in [0.05, 0.1) is 5.69 Å². The molecular weight excluding hydrogens is 342 g/mol. The van der Waals surface area contributed by atoms with E-state index in [9.17, 15) is 4.79 Å². The predicted molar refractivity (Wildman–Crippen MR) is 98.0 cm³/mol. The third-order valence-corrected chi connectivity index (χ3v) is 4.59. The molecule has 136 valence electrons. The van der Waals surface area contributed by atoms with Crippen LogP contribution in [0.1, 0.15) is 36.9 Å². The normalized spacial score (nSPS) is 16.2. The van der Waals surface area contributed by atoms with Crippen LogP contribution in [0.5, 0.6) is 5.75 Å². The number of hydrogen-bond donors (Lipinski definition) is 1. The summed E-state index contributed by atoms with van der Waals surface area (Å²) in [5.74, 6) is 1.41. The van der Waals surface area contributed by atoms with Crippen molar-refractivity contribution in [3.8, 4) is 5.75 Å². The van der Waals surface area contributed by atoms with Gasteiger partial charge in [-0.25, -0.2) is 0 Å². The molecule has 25 heavy (non-hydrogen) atoms. The van der Waals surface area contributed by atoms with Crippen LogP contribution in [0.3, 0.4) is 0 Å². The maximum atomic E-state index is 12.6. The molecule has 1 saturated heterocycles. The largest absolute Gasteiger partial charge is 0.481 e. The minimum absolute atomic E-state index is 0. The van der Waals surface area contributed by atoms with Crippen molar-refractivity contribution < 1.29 is 14.1 Å². The Morgan fingerprint density at radius 1 is 1.32 bits per heavy atom. The molecule has 0 bridgehead atoms. The number of amides is 1. The third-order valence-electron chi connectivity index (χ3n) is 4.59. The second kappa shape index (κ2) is 8.25. The summed E-state index contributed by atoms with van der Waals surface area (Å²) in [6.07, 6.45) is 1.22. The van der Waals surface area contributed by atoms with Gasteiger partial charge in [-0.2, -0.15) is 0 Å². The van der Waals surface area contributed by atoms with Gasteiger partial charge in [-0.3, -0.25) is 4.79 Å². The lowest BCUT2D eigenvalue weighted by Gasteiger charge is -2.33. The average molecular weight is 366 g/mol. The van der Waals surface area contributed by atoms with Gasteiger partial charge in [-0.15, -0.1) is 12.4 Å². The molecule has 1 aromatic carbocycles. The van der Waals surface area contributed by atoms with Crippen molar-refractivity contribution in [1.29, 1.82) is 0 Å². The minimum atomic E-state index is -0.492. The molecule has 2 N–H and O–H groups in total. The number of hydrogen-bond acceptors (Lipinski definition) is 5. The number of halogens is 1. The Morgan fingerprint density at radius 3 is 2.52 bits per heavy atom. The first kappa shape index (κ1) is 19.1. The zero-order valence-electron chi connectivity index (χ0n) is 14.5. The number of nitrogens with two attached hydrogens (primary N) is 1. The molecule has 1 amide bonds. The van der Waals surface area contributed by atoms with Crippen molar-refractivity contribution in [1.82, 2.24) is 10.1 Å². The number of nitrogens with zero attached hydrogens (tertiary/aromatic N) is 2. The van der Waals surface area contributed by atoms with Gasteiger partial charge in [-0.1, -0.05) is 23.4 Å². The number of aromatic nitrogens is 1. The van der Waals surface area contributed by atoms with Crippen molar-refractivity contribution in [3.63, 3.8) is 0 Å². The number of likely N-dealkylation sites (tertiary alicyclic amines) is 1. The quantitative estimate of drug-likeness (QED) is 0.899. The molecule has 1 aliphatic heterocycles. The lowest BCUT2D eigenvalue weighted by molar-refractivity contribution is -0.139. The van der Waals surface area contributed by atoms with Crippen LogP contribution in [0.25, 0.3) is 0 Å². The number of benzene rings is 1. The number of para-hydroxylation sites is 1. The highest BCUT2D eigenvalue weighted by atomic mass is 35.5. The number of anilines is 1. The second-order valence-electron chi connectivity index (χ2n) is 6.23. The molecule has 7 heteroatoms. The molecular formula is C18H24ClN3O3. The molecule has 0 spiro atoms. The molecule has 1 atom stereocenters. The molecule has 0 radical (unpaired) electrons. The second-order valence-corrected chi connectivity index (χ2v) is 6.23. The number of piperidine rings is 1. The lowest BCUT2D eigenvalue weighted by Crippen LogP contribution is -2.44. The number of nitrogen functional groups attached to an aromatic ring is 1. The molecule has 1 aliphatic rings. The summed E-state index contributed by atoms with van der Waals surface area (Å²) >= 11 is 0. The smallest absolute Gasteiger partial charge is 0.263 e. The molecule has 0 aliphatic carbocycles. The van der Waals surface area contributed by atoms with Crippen LogP contribution in [0.4, 0.5) is 5.88 Å². The highest BCUT2D eigenvalue weighted by Gasteiger charge is 2.30. The highest BCUT2D eigenvalue weighted by Crippen LogP contribution is 2.31. The topological polar surface area (TPSA) is 81.6 Å². The van der Waals surface area contributed by atoms with Crippen molar-refractivity contribution in [2.45, 2.75) is 38.7 Å².